The molecule has 0 bridgehead atoms. The normalized spacial score (nSPS) is 13.3. The van der Waals surface area contributed by atoms with E-state index >= 15 is 0 Å². The van der Waals surface area contributed by atoms with E-state index in [0.717, 1.165) is 17.2 Å². The first kappa shape index (κ1) is 14.5. The van der Waals surface area contributed by atoms with Gasteiger partial charge in [0.1, 0.15) is 5.82 Å². The van der Waals surface area contributed by atoms with Crippen LogP contribution in [0, 0.1) is 13.8 Å². The summed E-state index contributed by atoms with van der Waals surface area (Å²) in [6, 6.07) is 0.141. The molecule has 0 aliphatic carbocycles. The summed E-state index contributed by atoms with van der Waals surface area (Å²) in [5.41, 5.74) is 3.12. The lowest BCUT2D eigenvalue weighted by atomic mass is 10.1. The van der Waals surface area contributed by atoms with E-state index in [-0.39, 0.29) is 11.6 Å². The molecule has 2 heterocycles. The predicted octanol–water partition coefficient (Wildman–Crippen LogP) is 3.22. The average molecular weight is 273 g/mol. The third-order valence-corrected chi connectivity index (χ3v) is 3.21. The first-order valence-electron chi connectivity index (χ1n) is 6.89. The van der Waals surface area contributed by atoms with Gasteiger partial charge in [0.25, 0.3) is 0 Å². The van der Waals surface area contributed by atoms with Crippen molar-refractivity contribution in [3.8, 4) is 0 Å². The zero-order valence-corrected chi connectivity index (χ0v) is 13.1. The van der Waals surface area contributed by atoms with E-state index in [0.29, 0.717) is 0 Å². The molecule has 5 heteroatoms. The van der Waals surface area contributed by atoms with Crippen LogP contribution in [0.4, 0.5) is 5.82 Å². The second kappa shape index (κ2) is 5.23. The molecule has 1 unspecified atom stereocenters. The van der Waals surface area contributed by atoms with Gasteiger partial charge in [0, 0.05) is 18.0 Å². The highest BCUT2D eigenvalue weighted by atomic mass is 15.3. The molecule has 0 fully saturated rings. The molecule has 20 heavy (non-hydrogen) atoms. The number of rotatable bonds is 3. The van der Waals surface area contributed by atoms with E-state index in [9.17, 15) is 0 Å². The van der Waals surface area contributed by atoms with Crippen LogP contribution in [0.3, 0.4) is 0 Å². The summed E-state index contributed by atoms with van der Waals surface area (Å²) in [6.45, 7) is 12.5. The summed E-state index contributed by atoms with van der Waals surface area (Å²) in [5, 5.41) is 7.98. The van der Waals surface area contributed by atoms with Gasteiger partial charge in [-0.15, -0.1) is 0 Å². The van der Waals surface area contributed by atoms with Crippen molar-refractivity contribution in [2.24, 2.45) is 0 Å². The van der Waals surface area contributed by atoms with Crippen LogP contribution in [0.5, 0.6) is 0 Å². The number of aromatic nitrogens is 4. The Morgan fingerprint density at radius 2 is 1.90 bits per heavy atom. The molecule has 1 N–H and O–H groups in total. The molecule has 2 aromatic rings. The quantitative estimate of drug-likeness (QED) is 0.933. The first-order chi connectivity index (χ1) is 9.27. The van der Waals surface area contributed by atoms with Gasteiger partial charge in [-0.05, 0) is 41.5 Å². The van der Waals surface area contributed by atoms with Crippen LogP contribution in [0.25, 0.3) is 0 Å². The second-order valence-electron chi connectivity index (χ2n) is 6.20. The molecule has 0 aromatic carbocycles. The number of nitrogens with one attached hydrogen (secondary N) is 1. The highest BCUT2D eigenvalue weighted by Crippen LogP contribution is 2.23. The average Bonchev–Trinajstić information content (AvgIpc) is 2.71. The minimum atomic E-state index is -0.00806. The summed E-state index contributed by atoms with van der Waals surface area (Å²) in [7, 11) is 0. The maximum atomic E-state index is 4.60. The number of hydrogen-bond acceptors (Lipinski definition) is 4. The van der Waals surface area contributed by atoms with Gasteiger partial charge in [0.15, 0.2) is 0 Å². The molecule has 0 saturated carbocycles. The van der Waals surface area contributed by atoms with Gasteiger partial charge in [0.2, 0.25) is 0 Å². The summed E-state index contributed by atoms with van der Waals surface area (Å²) in [6.07, 6.45) is 5.60. The lowest BCUT2D eigenvalue weighted by Crippen LogP contribution is -2.22. The van der Waals surface area contributed by atoms with Crippen LogP contribution >= 0.6 is 0 Å². The second-order valence-corrected chi connectivity index (χ2v) is 6.20. The van der Waals surface area contributed by atoms with Gasteiger partial charge in [-0.1, -0.05) is 0 Å². The van der Waals surface area contributed by atoms with E-state index in [4.69, 9.17) is 0 Å². The van der Waals surface area contributed by atoms with Crippen molar-refractivity contribution in [1.29, 1.82) is 0 Å². The Labute approximate surface area is 120 Å². The summed E-state index contributed by atoms with van der Waals surface area (Å²) in [5.74, 6) is 0.792. The van der Waals surface area contributed by atoms with Gasteiger partial charge in [-0.3, -0.25) is 9.67 Å². The molecule has 0 saturated heterocycles. The van der Waals surface area contributed by atoms with Crippen molar-refractivity contribution in [3.05, 3.63) is 35.5 Å². The number of anilines is 1. The van der Waals surface area contributed by atoms with Gasteiger partial charge in [-0.2, -0.15) is 5.10 Å². The molecule has 1 atom stereocenters. The molecule has 0 amide bonds. The molecule has 5 nitrogen and oxygen atoms in total. The number of nitrogens with zero attached hydrogens (tertiary/aromatic N) is 4. The standard InChI is InChI=1S/C15H23N5/c1-10-7-16-8-14(17-10)18-11(2)13-9-20(15(4,5)6)19-12(13)3/h7-9,11H,1-6H3,(H,17,18). The fraction of sp³-hybridized carbons (Fsp3) is 0.533. The third kappa shape index (κ3) is 3.15. The molecule has 0 aliphatic heterocycles. The minimum Gasteiger partial charge on any atom is -0.362 e. The molecular formula is C15H23N5. The Kier molecular flexibility index (Phi) is 3.79. The van der Waals surface area contributed by atoms with Gasteiger partial charge < -0.3 is 5.32 Å². The van der Waals surface area contributed by atoms with Crippen LogP contribution in [-0.2, 0) is 5.54 Å². The van der Waals surface area contributed by atoms with Gasteiger partial charge in [-0.25, -0.2) is 4.98 Å². The molecule has 2 aromatic heterocycles. The van der Waals surface area contributed by atoms with Crippen LogP contribution in [-0.4, -0.2) is 19.7 Å². The van der Waals surface area contributed by atoms with Crippen molar-refractivity contribution in [2.45, 2.75) is 53.1 Å². The molecule has 2 rings (SSSR count). The van der Waals surface area contributed by atoms with E-state index in [1.54, 1.807) is 12.4 Å². The van der Waals surface area contributed by atoms with Crippen LogP contribution in [0.2, 0.25) is 0 Å². The number of aryl methyl sites for hydroxylation is 2. The Hall–Kier alpha value is -1.91. The highest BCUT2D eigenvalue weighted by Gasteiger charge is 2.19. The lowest BCUT2D eigenvalue weighted by Gasteiger charge is -2.19. The van der Waals surface area contributed by atoms with Crippen molar-refractivity contribution in [2.75, 3.05) is 5.32 Å². The molecular weight excluding hydrogens is 250 g/mol. The Balaban J connectivity index is 2.21. The molecule has 108 valence electrons. The Morgan fingerprint density at radius 3 is 2.45 bits per heavy atom. The van der Waals surface area contributed by atoms with Crippen LogP contribution in [0.15, 0.2) is 18.6 Å². The highest BCUT2D eigenvalue weighted by molar-refractivity contribution is 5.36. The fourth-order valence-corrected chi connectivity index (χ4v) is 2.07. The summed E-state index contributed by atoms with van der Waals surface area (Å²) in [4.78, 5) is 8.58. The van der Waals surface area contributed by atoms with Crippen molar-refractivity contribution >= 4 is 5.82 Å². The summed E-state index contributed by atoms with van der Waals surface area (Å²) >= 11 is 0. The largest absolute Gasteiger partial charge is 0.362 e. The van der Waals surface area contributed by atoms with E-state index in [1.165, 1.54) is 5.56 Å². The van der Waals surface area contributed by atoms with E-state index < -0.39 is 0 Å². The first-order valence-corrected chi connectivity index (χ1v) is 6.89. The SMILES string of the molecule is Cc1cncc(NC(C)c2cn(C(C)(C)C)nc2C)n1. The van der Waals surface area contributed by atoms with Crippen molar-refractivity contribution in [1.82, 2.24) is 19.7 Å². The Morgan fingerprint density at radius 1 is 1.20 bits per heavy atom. The maximum absolute atomic E-state index is 4.60. The smallest absolute Gasteiger partial charge is 0.145 e. The minimum absolute atomic E-state index is 0.00806. The van der Waals surface area contributed by atoms with Gasteiger partial charge in [0.05, 0.1) is 29.2 Å². The van der Waals surface area contributed by atoms with Crippen LogP contribution in [0.1, 0.15) is 50.7 Å². The predicted molar refractivity (Wildman–Crippen MR) is 80.8 cm³/mol. The maximum Gasteiger partial charge on any atom is 0.145 e. The summed E-state index contributed by atoms with van der Waals surface area (Å²) < 4.78 is 2.01. The molecule has 0 spiro atoms. The van der Waals surface area contributed by atoms with Crippen LogP contribution < -0.4 is 5.32 Å². The third-order valence-electron chi connectivity index (χ3n) is 3.21. The molecule has 0 aliphatic rings. The van der Waals surface area contributed by atoms with Crippen molar-refractivity contribution < 1.29 is 0 Å². The zero-order valence-electron chi connectivity index (χ0n) is 13.1. The zero-order chi connectivity index (χ0) is 14.9. The van der Waals surface area contributed by atoms with Crippen molar-refractivity contribution in [3.63, 3.8) is 0 Å². The van der Waals surface area contributed by atoms with E-state index in [2.05, 4.69) is 54.3 Å². The van der Waals surface area contributed by atoms with E-state index in [1.807, 2.05) is 18.5 Å². The topological polar surface area (TPSA) is 55.6 Å². The van der Waals surface area contributed by atoms with Gasteiger partial charge >= 0.3 is 0 Å². The molecule has 0 radical (unpaired) electrons. The lowest BCUT2D eigenvalue weighted by molar-refractivity contribution is 0.354. The number of hydrogen-bond donors (Lipinski definition) is 1. The Bertz CT molecular complexity index is 595. The monoisotopic (exact) mass is 273 g/mol. The fourth-order valence-electron chi connectivity index (χ4n) is 2.07.